The molecule has 0 aliphatic carbocycles. The lowest BCUT2D eigenvalue weighted by Gasteiger charge is -2.14. The van der Waals surface area contributed by atoms with Crippen LogP contribution in [0.4, 0.5) is 11.4 Å². The van der Waals surface area contributed by atoms with Crippen LogP contribution in [0.15, 0.2) is 12.1 Å². The summed E-state index contributed by atoms with van der Waals surface area (Å²) in [6.45, 7) is 0.777. The number of rotatable bonds is 4. The normalized spacial score (nSPS) is 18.4. The van der Waals surface area contributed by atoms with Gasteiger partial charge in [-0.25, -0.2) is 12.7 Å². The lowest BCUT2D eigenvalue weighted by atomic mass is 10.2. The van der Waals surface area contributed by atoms with Crippen LogP contribution in [-0.2, 0) is 14.8 Å². The number of nitrogen functional groups attached to an aromatic ring is 1. The van der Waals surface area contributed by atoms with Crippen molar-refractivity contribution in [2.24, 2.45) is 0 Å². The first-order valence-electron chi connectivity index (χ1n) is 6.92. The fourth-order valence-electron chi connectivity index (χ4n) is 2.45. The van der Waals surface area contributed by atoms with E-state index in [1.54, 1.807) is 12.1 Å². The first kappa shape index (κ1) is 17.6. The lowest BCUT2D eigenvalue weighted by molar-refractivity contribution is -0.116. The third-order valence-electron chi connectivity index (χ3n) is 3.61. The SMILES string of the molecule is Cl.Nc1cc2c(cc1NC(=O)CCN1CCCS1(=O)=O)OCO2. The minimum Gasteiger partial charge on any atom is -0.454 e. The molecule has 0 unspecified atom stereocenters. The molecule has 2 heterocycles. The summed E-state index contributed by atoms with van der Waals surface area (Å²) in [7, 11) is -3.18. The Morgan fingerprint density at radius 2 is 2.00 bits per heavy atom. The second kappa shape index (κ2) is 6.81. The molecule has 10 heteroatoms. The number of nitrogens with zero attached hydrogens (tertiary/aromatic N) is 1. The Hall–Kier alpha value is -1.71. The zero-order valence-corrected chi connectivity index (χ0v) is 13.9. The van der Waals surface area contributed by atoms with Crippen LogP contribution < -0.4 is 20.5 Å². The van der Waals surface area contributed by atoms with Gasteiger partial charge in [0.15, 0.2) is 11.5 Å². The van der Waals surface area contributed by atoms with Crippen LogP contribution in [-0.4, -0.2) is 44.3 Å². The number of carbonyl (C=O) groups is 1. The van der Waals surface area contributed by atoms with E-state index >= 15 is 0 Å². The summed E-state index contributed by atoms with van der Waals surface area (Å²) >= 11 is 0. The summed E-state index contributed by atoms with van der Waals surface area (Å²) in [5, 5.41) is 2.67. The molecule has 1 aromatic rings. The Balaban J connectivity index is 0.00000192. The number of ether oxygens (including phenoxy) is 2. The number of nitrogens with two attached hydrogens (primary N) is 1. The summed E-state index contributed by atoms with van der Waals surface area (Å²) in [5.74, 6) is 0.918. The van der Waals surface area contributed by atoms with Gasteiger partial charge in [-0.15, -0.1) is 12.4 Å². The van der Waals surface area contributed by atoms with Crippen LogP contribution in [0.1, 0.15) is 12.8 Å². The number of halogens is 1. The quantitative estimate of drug-likeness (QED) is 0.765. The molecular weight excluding hydrogens is 346 g/mol. The number of hydrogen-bond acceptors (Lipinski definition) is 6. The van der Waals surface area contributed by atoms with Gasteiger partial charge in [-0.2, -0.15) is 0 Å². The van der Waals surface area contributed by atoms with Crippen molar-refractivity contribution in [2.75, 3.05) is 36.7 Å². The minimum atomic E-state index is -3.18. The van der Waals surface area contributed by atoms with Gasteiger partial charge in [0.25, 0.3) is 0 Å². The average Bonchev–Trinajstić information content (AvgIpc) is 3.02. The molecule has 0 atom stereocenters. The maximum atomic E-state index is 12.0. The van der Waals surface area contributed by atoms with Crippen molar-refractivity contribution in [3.05, 3.63) is 12.1 Å². The van der Waals surface area contributed by atoms with E-state index in [0.29, 0.717) is 35.8 Å². The molecule has 1 aromatic carbocycles. The Morgan fingerprint density at radius 1 is 1.30 bits per heavy atom. The Bertz CT molecular complexity index is 710. The number of nitrogens with one attached hydrogen (secondary N) is 1. The predicted molar refractivity (Wildman–Crippen MR) is 87.4 cm³/mol. The van der Waals surface area contributed by atoms with Crippen LogP contribution in [0.5, 0.6) is 11.5 Å². The molecule has 23 heavy (non-hydrogen) atoms. The molecule has 2 aliphatic rings. The molecule has 1 saturated heterocycles. The predicted octanol–water partition coefficient (Wildman–Crippen LogP) is 0.783. The van der Waals surface area contributed by atoms with Crippen molar-refractivity contribution < 1.29 is 22.7 Å². The van der Waals surface area contributed by atoms with E-state index in [2.05, 4.69) is 5.32 Å². The summed E-state index contributed by atoms with van der Waals surface area (Å²) in [4.78, 5) is 12.0. The molecule has 0 radical (unpaired) electrons. The largest absolute Gasteiger partial charge is 0.454 e. The number of fused-ring (bicyclic) bond motifs is 1. The topological polar surface area (TPSA) is 111 Å². The molecule has 3 rings (SSSR count). The second-order valence-electron chi connectivity index (χ2n) is 5.16. The van der Waals surface area contributed by atoms with Gasteiger partial charge in [0.1, 0.15) is 0 Å². The van der Waals surface area contributed by atoms with E-state index < -0.39 is 10.0 Å². The average molecular weight is 364 g/mol. The maximum Gasteiger partial charge on any atom is 0.231 e. The van der Waals surface area contributed by atoms with E-state index in [-0.39, 0.29) is 43.8 Å². The molecule has 1 amide bonds. The van der Waals surface area contributed by atoms with Gasteiger partial charge < -0.3 is 20.5 Å². The molecule has 0 spiro atoms. The van der Waals surface area contributed by atoms with E-state index in [9.17, 15) is 13.2 Å². The highest BCUT2D eigenvalue weighted by molar-refractivity contribution is 7.89. The van der Waals surface area contributed by atoms with Gasteiger partial charge in [0.2, 0.25) is 22.7 Å². The van der Waals surface area contributed by atoms with Crippen LogP contribution >= 0.6 is 12.4 Å². The van der Waals surface area contributed by atoms with Crippen molar-refractivity contribution in [1.29, 1.82) is 0 Å². The molecular formula is C13H18ClN3O5S. The van der Waals surface area contributed by atoms with E-state index in [1.165, 1.54) is 4.31 Å². The third-order valence-corrected chi connectivity index (χ3v) is 5.57. The van der Waals surface area contributed by atoms with Gasteiger partial charge in [-0.3, -0.25) is 4.79 Å². The lowest BCUT2D eigenvalue weighted by Crippen LogP contribution is -2.29. The summed E-state index contributed by atoms with van der Waals surface area (Å²) in [6, 6.07) is 3.19. The molecule has 3 N–H and O–H groups in total. The number of sulfonamides is 1. The highest BCUT2D eigenvalue weighted by atomic mass is 35.5. The van der Waals surface area contributed by atoms with Crippen LogP contribution in [0, 0.1) is 0 Å². The van der Waals surface area contributed by atoms with Crippen molar-refractivity contribution in [2.45, 2.75) is 12.8 Å². The standard InChI is InChI=1S/C13H17N3O5S.ClH/c14-9-6-11-12(21-8-20-11)7-10(9)15-13(17)2-4-16-3-1-5-22(16,18)19;/h6-7H,1-5,8,14H2,(H,15,17);1H. The third kappa shape index (κ3) is 3.80. The van der Waals surface area contributed by atoms with Crippen LogP contribution in [0.3, 0.4) is 0 Å². The first-order valence-corrected chi connectivity index (χ1v) is 8.53. The van der Waals surface area contributed by atoms with Crippen molar-refractivity contribution in [3.63, 3.8) is 0 Å². The monoisotopic (exact) mass is 363 g/mol. The van der Waals surface area contributed by atoms with Gasteiger partial charge in [0, 0.05) is 31.6 Å². The minimum absolute atomic E-state index is 0. The summed E-state index contributed by atoms with van der Waals surface area (Å²) in [6.07, 6.45) is 0.687. The molecule has 1 fully saturated rings. The van der Waals surface area contributed by atoms with Crippen molar-refractivity contribution in [1.82, 2.24) is 4.31 Å². The van der Waals surface area contributed by atoms with E-state index in [1.807, 2.05) is 0 Å². The number of hydrogen-bond donors (Lipinski definition) is 2. The zero-order chi connectivity index (χ0) is 15.7. The van der Waals surface area contributed by atoms with Crippen LogP contribution in [0.2, 0.25) is 0 Å². The van der Waals surface area contributed by atoms with E-state index in [0.717, 1.165) is 0 Å². The van der Waals surface area contributed by atoms with E-state index in [4.69, 9.17) is 15.2 Å². The fourth-order valence-corrected chi connectivity index (χ4v) is 3.98. The highest BCUT2D eigenvalue weighted by Gasteiger charge is 2.28. The fraction of sp³-hybridized carbons (Fsp3) is 0.462. The molecule has 2 aliphatic heterocycles. The van der Waals surface area contributed by atoms with Crippen molar-refractivity contribution >= 4 is 39.7 Å². The molecule has 128 valence electrons. The molecule has 0 saturated carbocycles. The molecule has 8 nitrogen and oxygen atoms in total. The number of amides is 1. The Morgan fingerprint density at radius 3 is 2.65 bits per heavy atom. The Kier molecular flexibility index (Phi) is 5.23. The Labute approximate surface area is 140 Å². The number of benzene rings is 1. The summed E-state index contributed by atoms with van der Waals surface area (Å²) in [5.41, 5.74) is 6.64. The number of carbonyl (C=O) groups excluding carboxylic acids is 1. The van der Waals surface area contributed by atoms with Crippen molar-refractivity contribution in [3.8, 4) is 11.5 Å². The highest BCUT2D eigenvalue weighted by Crippen LogP contribution is 2.38. The first-order chi connectivity index (χ1) is 10.5. The van der Waals surface area contributed by atoms with Crippen LogP contribution in [0.25, 0.3) is 0 Å². The smallest absolute Gasteiger partial charge is 0.231 e. The molecule has 0 aromatic heterocycles. The van der Waals surface area contributed by atoms with Gasteiger partial charge in [-0.05, 0) is 6.42 Å². The van der Waals surface area contributed by atoms with Gasteiger partial charge in [-0.1, -0.05) is 0 Å². The van der Waals surface area contributed by atoms with Gasteiger partial charge in [0.05, 0.1) is 17.1 Å². The summed E-state index contributed by atoms with van der Waals surface area (Å²) < 4.78 is 35.1. The number of anilines is 2. The zero-order valence-electron chi connectivity index (χ0n) is 12.3. The maximum absolute atomic E-state index is 12.0. The van der Waals surface area contributed by atoms with Gasteiger partial charge >= 0.3 is 0 Å². The molecule has 0 bridgehead atoms. The second-order valence-corrected chi connectivity index (χ2v) is 7.25.